The van der Waals surface area contributed by atoms with Crippen molar-refractivity contribution >= 4 is 5.97 Å². The predicted molar refractivity (Wildman–Crippen MR) is 40.3 cm³/mol. The van der Waals surface area contributed by atoms with Gasteiger partial charge in [-0.3, -0.25) is 0 Å². The van der Waals surface area contributed by atoms with Crippen LogP contribution in [-0.2, 0) is 9.53 Å². The lowest BCUT2D eigenvalue weighted by molar-refractivity contribution is -0.144. The van der Waals surface area contributed by atoms with Gasteiger partial charge in [-0.2, -0.15) is 5.26 Å². The maximum Gasteiger partial charge on any atom is 0.330 e. The summed E-state index contributed by atoms with van der Waals surface area (Å²) in [6.45, 7) is 4.75. The minimum Gasteiger partial charge on any atom is -0.434 e. The molecule has 0 radical (unpaired) electrons. The Kier molecular flexibility index (Phi) is 3.32. The smallest absolute Gasteiger partial charge is 0.330 e. The van der Waals surface area contributed by atoms with E-state index in [9.17, 15) is 4.79 Å². The van der Waals surface area contributed by atoms with Crippen LogP contribution >= 0.6 is 0 Å². The Morgan fingerprint density at radius 3 is 2.55 bits per heavy atom. The quantitative estimate of drug-likeness (QED) is 0.447. The maximum absolute atomic E-state index is 11.0. The van der Waals surface area contributed by atoms with E-state index in [1.165, 1.54) is 20.1 Å². The average molecular weight is 153 g/mol. The molecule has 0 aliphatic carbocycles. The summed E-state index contributed by atoms with van der Waals surface area (Å²) in [5, 5.41) is 8.49. The fourth-order valence-electron chi connectivity index (χ4n) is 0.323. The first-order chi connectivity index (χ1) is 5.04. The number of allylic oxidation sites excluding steroid dienone is 1. The lowest BCUT2D eigenvalue weighted by Gasteiger charge is -2.10. The molecule has 60 valence electrons. The Labute approximate surface area is 66.3 Å². The highest BCUT2D eigenvalue weighted by atomic mass is 16.5. The average Bonchev–Trinajstić information content (AvgIpc) is 2.00. The molecule has 0 saturated heterocycles. The molecule has 0 aromatic rings. The third-order valence-corrected chi connectivity index (χ3v) is 1.10. The van der Waals surface area contributed by atoms with Gasteiger partial charge in [0.05, 0.1) is 12.3 Å². The third-order valence-electron chi connectivity index (χ3n) is 1.10. The molecule has 0 aromatic carbocycles. The summed E-state index contributed by atoms with van der Waals surface area (Å²) in [6, 6.07) is 1.84. The van der Waals surface area contributed by atoms with Gasteiger partial charge in [0.25, 0.3) is 0 Å². The number of hydrogen-bond donors (Lipinski definition) is 0. The van der Waals surface area contributed by atoms with E-state index in [1.807, 2.05) is 6.07 Å². The molecule has 0 bridgehead atoms. The minimum absolute atomic E-state index is 0.530. The molecule has 11 heavy (non-hydrogen) atoms. The number of hydrogen-bond acceptors (Lipinski definition) is 3. The van der Waals surface area contributed by atoms with E-state index in [1.54, 1.807) is 13.0 Å². The molecule has 3 heteroatoms. The number of carbonyl (C=O) groups is 1. The van der Waals surface area contributed by atoms with Gasteiger partial charge < -0.3 is 4.74 Å². The molecule has 0 spiro atoms. The largest absolute Gasteiger partial charge is 0.434 e. The highest BCUT2D eigenvalue weighted by molar-refractivity contribution is 5.79. The summed E-state index contributed by atoms with van der Waals surface area (Å²) in [4.78, 5) is 11.0. The molecule has 0 aromatic heterocycles. The van der Waals surface area contributed by atoms with Crippen molar-refractivity contribution in [2.45, 2.75) is 20.8 Å². The molecule has 0 rings (SSSR count). The van der Waals surface area contributed by atoms with Gasteiger partial charge in [-0.25, -0.2) is 4.79 Å². The van der Waals surface area contributed by atoms with E-state index < -0.39 is 11.4 Å². The first-order valence-electron chi connectivity index (χ1n) is 3.28. The van der Waals surface area contributed by atoms with Crippen LogP contribution in [0.2, 0.25) is 0 Å². The monoisotopic (exact) mass is 153 g/mol. The van der Waals surface area contributed by atoms with Crippen molar-refractivity contribution < 1.29 is 9.53 Å². The highest BCUT2D eigenvalue weighted by Crippen LogP contribution is 2.14. The molecule has 0 atom stereocenters. The van der Waals surface area contributed by atoms with E-state index >= 15 is 0 Å². The second kappa shape index (κ2) is 3.77. The van der Waals surface area contributed by atoms with Crippen molar-refractivity contribution in [3.05, 3.63) is 12.3 Å². The van der Waals surface area contributed by atoms with E-state index in [0.29, 0.717) is 0 Å². The molecular formula is C8H11NO2. The van der Waals surface area contributed by atoms with Crippen LogP contribution in [0, 0.1) is 16.7 Å². The van der Waals surface area contributed by atoms with Gasteiger partial charge in [0.1, 0.15) is 5.41 Å². The fraction of sp³-hybridized carbons (Fsp3) is 0.500. The van der Waals surface area contributed by atoms with Crippen molar-refractivity contribution in [2.75, 3.05) is 0 Å². The van der Waals surface area contributed by atoms with Gasteiger partial charge in [-0.1, -0.05) is 6.08 Å². The lowest BCUT2D eigenvalue weighted by Crippen LogP contribution is -2.22. The molecule has 0 heterocycles. The van der Waals surface area contributed by atoms with Crippen molar-refractivity contribution in [3.8, 4) is 6.07 Å². The van der Waals surface area contributed by atoms with Crippen molar-refractivity contribution in [2.24, 2.45) is 5.41 Å². The summed E-state index contributed by atoms with van der Waals surface area (Å²) in [5.41, 5.74) is -1.06. The first-order valence-corrected chi connectivity index (χ1v) is 3.28. The van der Waals surface area contributed by atoms with Gasteiger partial charge in [0, 0.05) is 0 Å². The second-order valence-corrected chi connectivity index (χ2v) is 2.61. The van der Waals surface area contributed by atoms with E-state index in [0.717, 1.165) is 0 Å². The molecule has 0 amide bonds. The number of rotatable bonds is 2. The summed E-state index contributed by atoms with van der Waals surface area (Å²) < 4.78 is 4.60. The van der Waals surface area contributed by atoms with E-state index in [-0.39, 0.29) is 0 Å². The number of carbonyl (C=O) groups excluding carboxylic acids is 1. The second-order valence-electron chi connectivity index (χ2n) is 2.61. The standard InChI is InChI=1S/C8H11NO2/c1-4-5-11-7(10)8(2,3)6-9/h4-5H,1-3H3. The van der Waals surface area contributed by atoms with Crippen LogP contribution in [0.5, 0.6) is 0 Å². The molecule has 0 unspecified atom stereocenters. The Bertz CT molecular complexity index is 211. The molecule has 0 N–H and O–H groups in total. The SMILES string of the molecule is CC=COC(=O)C(C)(C)C#N. The van der Waals surface area contributed by atoms with Crippen molar-refractivity contribution in [1.82, 2.24) is 0 Å². The molecule has 0 aliphatic rings. The molecule has 3 nitrogen and oxygen atoms in total. The number of ether oxygens (including phenoxy) is 1. The molecule has 0 saturated carbocycles. The Morgan fingerprint density at radius 1 is 1.64 bits per heavy atom. The Balaban J connectivity index is 4.16. The Morgan fingerprint density at radius 2 is 2.18 bits per heavy atom. The normalized spacial score (nSPS) is 11.1. The first kappa shape index (κ1) is 9.70. The molecule has 0 aliphatic heterocycles. The topological polar surface area (TPSA) is 50.1 Å². The lowest BCUT2D eigenvalue weighted by atomic mass is 9.97. The van der Waals surface area contributed by atoms with Gasteiger partial charge in [0.2, 0.25) is 0 Å². The van der Waals surface area contributed by atoms with E-state index in [2.05, 4.69) is 4.74 Å². The van der Waals surface area contributed by atoms with Crippen LogP contribution in [0.25, 0.3) is 0 Å². The van der Waals surface area contributed by atoms with Crippen molar-refractivity contribution in [1.29, 1.82) is 5.26 Å². The number of nitriles is 1. The van der Waals surface area contributed by atoms with Crippen molar-refractivity contribution in [3.63, 3.8) is 0 Å². The maximum atomic E-state index is 11.0. The zero-order valence-electron chi connectivity index (χ0n) is 6.92. The minimum atomic E-state index is -1.06. The van der Waals surface area contributed by atoms with Crippen LogP contribution in [0.15, 0.2) is 12.3 Å². The van der Waals surface area contributed by atoms with Crippen LogP contribution in [0.4, 0.5) is 0 Å². The predicted octanol–water partition coefficient (Wildman–Crippen LogP) is 1.61. The van der Waals surface area contributed by atoms with Gasteiger partial charge >= 0.3 is 5.97 Å². The number of nitrogens with zero attached hydrogens (tertiary/aromatic N) is 1. The molecule has 0 fully saturated rings. The number of esters is 1. The van der Waals surface area contributed by atoms with Crippen LogP contribution in [0.1, 0.15) is 20.8 Å². The Hall–Kier alpha value is -1.30. The summed E-state index contributed by atoms with van der Waals surface area (Å²) >= 11 is 0. The van der Waals surface area contributed by atoms with Gasteiger partial charge in [-0.15, -0.1) is 0 Å². The highest BCUT2D eigenvalue weighted by Gasteiger charge is 2.28. The zero-order valence-corrected chi connectivity index (χ0v) is 6.92. The van der Waals surface area contributed by atoms with Gasteiger partial charge in [-0.05, 0) is 20.8 Å². The fourth-order valence-corrected chi connectivity index (χ4v) is 0.323. The summed E-state index contributed by atoms with van der Waals surface area (Å²) in [5.74, 6) is -0.530. The van der Waals surface area contributed by atoms with Crippen LogP contribution < -0.4 is 0 Å². The summed E-state index contributed by atoms with van der Waals surface area (Å²) in [6.07, 6.45) is 2.85. The van der Waals surface area contributed by atoms with Gasteiger partial charge in [0.15, 0.2) is 0 Å². The van der Waals surface area contributed by atoms with Crippen LogP contribution in [0.3, 0.4) is 0 Å². The summed E-state index contributed by atoms with van der Waals surface area (Å²) in [7, 11) is 0. The van der Waals surface area contributed by atoms with E-state index in [4.69, 9.17) is 5.26 Å². The zero-order chi connectivity index (χ0) is 8.91. The molecular weight excluding hydrogens is 142 g/mol. The third kappa shape index (κ3) is 2.85. The van der Waals surface area contributed by atoms with Crippen LogP contribution in [-0.4, -0.2) is 5.97 Å².